The Morgan fingerprint density at radius 3 is 2.42 bits per heavy atom. The van der Waals surface area contributed by atoms with Crippen LogP contribution in [0.1, 0.15) is 22.3 Å². The fraction of sp³-hybridized carbons (Fsp3) is 0.174. The van der Waals surface area contributed by atoms with Gasteiger partial charge in [-0.2, -0.15) is 0 Å². The van der Waals surface area contributed by atoms with Crippen LogP contribution in [0.25, 0.3) is 0 Å². The predicted octanol–water partition coefficient (Wildman–Crippen LogP) is 4.71. The topological polar surface area (TPSA) is 75.7 Å². The van der Waals surface area contributed by atoms with Crippen molar-refractivity contribution >= 4 is 38.9 Å². The SMILES string of the molecule is O=C(Nc1ccc(N2CCCS2(=O)=O)cc1)c1ccccc1OCc1ccccc1Cl. The summed E-state index contributed by atoms with van der Waals surface area (Å²) in [5, 5.41) is 3.44. The number of nitrogens with zero attached hydrogens (tertiary/aromatic N) is 1. The smallest absolute Gasteiger partial charge is 0.259 e. The number of rotatable bonds is 6. The zero-order chi connectivity index (χ0) is 21.8. The van der Waals surface area contributed by atoms with Crippen molar-refractivity contribution in [1.82, 2.24) is 0 Å². The summed E-state index contributed by atoms with van der Waals surface area (Å²) in [6, 6.07) is 21.1. The van der Waals surface area contributed by atoms with E-state index in [1.54, 1.807) is 54.6 Å². The number of benzene rings is 3. The molecule has 3 aromatic rings. The van der Waals surface area contributed by atoms with E-state index in [2.05, 4.69) is 5.32 Å². The minimum atomic E-state index is -3.24. The van der Waals surface area contributed by atoms with Crippen LogP contribution >= 0.6 is 11.6 Å². The Morgan fingerprint density at radius 2 is 1.71 bits per heavy atom. The third-order valence-corrected chi connectivity index (χ3v) is 7.22. The summed E-state index contributed by atoms with van der Waals surface area (Å²) < 4.78 is 31.4. The zero-order valence-electron chi connectivity index (χ0n) is 16.6. The molecule has 0 radical (unpaired) electrons. The average Bonchev–Trinajstić information content (AvgIpc) is 3.13. The quantitative estimate of drug-likeness (QED) is 0.582. The lowest BCUT2D eigenvalue weighted by atomic mass is 10.1. The molecule has 0 spiro atoms. The molecule has 0 saturated carbocycles. The van der Waals surface area contributed by atoms with Crippen LogP contribution < -0.4 is 14.4 Å². The molecule has 31 heavy (non-hydrogen) atoms. The predicted molar refractivity (Wildman–Crippen MR) is 122 cm³/mol. The molecule has 1 N–H and O–H groups in total. The lowest BCUT2D eigenvalue weighted by molar-refractivity contribution is 0.102. The molecular formula is C23H21ClN2O4S. The molecule has 0 aromatic heterocycles. The Hall–Kier alpha value is -3.03. The Morgan fingerprint density at radius 1 is 1.00 bits per heavy atom. The zero-order valence-corrected chi connectivity index (χ0v) is 18.2. The monoisotopic (exact) mass is 456 g/mol. The maximum Gasteiger partial charge on any atom is 0.259 e. The lowest BCUT2D eigenvalue weighted by Crippen LogP contribution is -2.25. The minimum absolute atomic E-state index is 0.163. The van der Waals surface area contributed by atoms with Gasteiger partial charge in [-0.3, -0.25) is 9.10 Å². The van der Waals surface area contributed by atoms with Gasteiger partial charge in [0, 0.05) is 22.8 Å². The van der Waals surface area contributed by atoms with Crippen molar-refractivity contribution in [2.45, 2.75) is 13.0 Å². The molecule has 3 aromatic carbocycles. The molecule has 6 nitrogen and oxygen atoms in total. The number of para-hydroxylation sites is 1. The van der Waals surface area contributed by atoms with Gasteiger partial charge in [-0.15, -0.1) is 0 Å². The van der Waals surface area contributed by atoms with Crippen molar-refractivity contribution in [3.05, 3.63) is 88.9 Å². The summed E-state index contributed by atoms with van der Waals surface area (Å²) in [5.41, 5.74) is 2.37. The second-order valence-electron chi connectivity index (χ2n) is 7.12. The number of carbonyl (C=O) groups excluding carboxylic acids is 1. The van der Waals surface area contributed by atoms with Crippen LogP contribution in [0.4, 0.5) is 11.4 Å². The number of amides is 1. The van der Waals surface area contributed by atoms with Gasteiger partial charge in [0.05, 0.1) is 17.0 Å². The fourth-order valence-corrected chi connectivity index (χ4v) is 5.14. The van der Waals surface area contributed by atoms with Crippen molar-refractivity contribution in [3.8, 4) is 5.75 Å². The standard InChI is InChI=1S/C23H21ClN2O4S/c24-21-8-3-1-6-17(21)16-30-22-9-4-2-7-20(22)23(27)25-18-10-12-19(13-11-18)26-14-5-15-31(26,28)29/h1-4,6-13H,5,14-16H2,(H,25,27). The molecule has 0 bridgehead atoms. The molecule has 1 aliphatic heterocycles. The largest absolute Gasteiger partial charge is 0.488 e. The highest BCUT2D eigenvalue weighted by molar-refractivity contribution is 7.93. The number of anilines is 2. The summed E-state index contributed by atoms with van der Waals surface area (Å²) in [6.45, 7) is 0.715. The Bertz CT molecular complexity index is 1200. The maximum absolute atomic E-state index is 12.8. The van der Waals surface area contributed by atoms with Gasteiger partial charge in [0.25, 0.3) is 5.91 Å². The van der Waals surface area contributed by atoms with Gasteiger partial charge >= 0.3 is 0 Å². The van der Waals surface area contributed by atoms with Gasteiger partial charge in [-0.25, -0.2) is 8.42 Å². The number of carbonyl (C=O) groups is 1. The Kier molecular flexibility index (Phi) is 6.15. The van der Waals surface area contributed by atoms with Crippen LogP contribution in [0.3, 0.4) is 0 Å². The van der Waals surface area contributed by atoms with Gasteiger partial charge in [0.15, 0.2) is 0 Å². The van der Waals surface area contributed by atoms with Gasteiger partial charge in [-0.1, -0.05) is 41.9 Å². The highest BCUT2D eigenvalue weighted by Gasteiger charge is 2.28. The first kappa shape index (κ1) is 21.2. The third kappa shape index (κ3) is 4.84. The second kappa shape index (κ2) is 8.99. The summed E-state index contributed by atoms with van der Waals surface area (Å²) in [4.78, 5) is 12.8. The van der Waals surface area contributed by atoms with Crippen LogP contribution in [0.5, 0.6) is 5.75 Å². The first-order valence-electron chi connectivity index (χ1n) is 9.81. The van der Waals surface area contributed by atoms with Crippen LogP contribution in [0, 0.1) is 0 Å². The molecule has 1 heterocycles. The van der Waals surface area contributed by atoms with Crippen molar-refractivity contribution in [3.63, 3.8) is 0 Å². The van der Waals surface area contributed by atoms with Crippen molar-refractivity contribution in [2.24, 2.45) is 0 Å². The summed E-state index contributed by atoms with van der Waals surface area (Å²) in [7, 11) is -3.24. The van der Waals surface area contributed by atoms with Crippen LogP contribution in [-0.4, -0.2) is 26.6 Å². The minimum Gasteiger partial charge on any atom is -0.488 e. The first-order valence-corrected chi connectivity index (χ1v) is 11.8. The first-order chi connectivity index (χ1) is 14.9. The molecule has 8 heteroatoms. The van der Waals surface area contributed by atoms with E-state index in [4.69, 9.17) is 16.3 Å². The molecule has 160 valence electrons. The average molecular weight is 457 g/mol. The normalized spacial score (nSPS) is 14.9. The number of sulfonamides is 1. The van der Waals surface area contributed by atoms with E-state index in [0.717, 1.165) is 5.56 Å². The summed E-state index contributed by atoms with van der Waals surface area (Å²) in [5.74, 6) is 0.284. The molecule has 1 aliphatic rings. The van der Waals surface area contributed by atoms with Crippen LogP contribution in [0.15, 0.2) is 72.8 Å². The number of hydrogen-bond donors (Lipinski definition) is 1. The van der Waals surface area contributed by atoms with Gasteiger partial charge in [-0.05, 0) is 48.9 Å². The molecule has 4 rings (SSSR count). The number of nitrogens with one attached hydrogen (secondary N) is 1. The molecule has 0 aliphatic carbocycles. The van der Waals surface area contributed by atoms with E-state index < -0.39 is 10.0 Å². The fourth-order valence-electron chi connectivity index (χ4n) is 3.39. The van der Waals surface area contributed by atoms with E-state index in [0.29, 0.717) is 40.7 Å². The number of ether oxygens (including phenoxy) is 1. The highest BCUT2D eigenvalue weighted by atomic mass is 35.5. The molecule has 0 unspecified atom stereocenters. The Labute approximate surface area is 186 Å². The van der Waals surface area contributed by atoms with Crippen molar-refractivity contribution in [1.29, 1.82) is 0 Å². The van der Waals surface area contributed by atoms with Gasteiger partial charge < -0.3 is 10.1 Å². The second-order valence-corrected chi connectivity index (χ2v) is 9.54. The maximum atomic E-state index is 12.8. The van der Waals surface area contributed by atoms with Gasteiger partial charge in [0.2, 0.25) is 10.0 Å². The molecular weight excluding hydrogens is 436 g/mol. The highest BCUT2D eigenvalue weighted by Crippen LogP contribution is 2.27. The van der Waals surface area contributed by atoms with Crippen molar-refractivity contribution < 1.29 is 17.9 Å². The molecule has 0 atom stereocenters. The lowest BCUT2D eigenvalue weighted by Gasteiger charge is -2.17. The number of halogens is 1. The molecule has 1 fully saturated rings. The van der Waals surface area contributed by atoms with E-state index in [9.17, 15) is 13.2 Å². The summed E-state index contributed by atoms with van der Waals surface area (Å²) in [6.07, 6.45) is 0.617. The van der Waals surface area contributed by atoms with Crippen LogP contribution in [0.2, 0.25) is 5.02 Å². The third-order valence-electron chi connectivity index (χ3n) is 4.99. The molecule has 1 amide bonds. The van der Waals surface area contributed by atoms with E-state index in [-0.39, 0.29) is 18.3 Å². The Balaban J connectivity index is 1.46. The van der Waals surface area contributed by atoms with E-state index >= 15 is 0 Å². The van der Waals surface area contributed by atoms with E-state index in [1.165, 1.54) is 4.31 Å². The molecule has 1 saturated heterocycles. The van der Waals surface area contributed by atoms with Gasteiger partial charge in [0.1, 0.15) is 12.4 Å². The van der Waals surface area contributed by atoms with Crippen molar-refractivity contribution in [2.75, 3.05) is 21.9 Å². The van der Waals surface area contributed by atoms with E-state index in [1.807, 2.05) is 18.2 Å². The van der Waals surface area contributed by atoms with Crippen LogP contribution in [-0.2, 0) is 16.6 Å². The summed E-state index contributed by atoms with van der Waals surface area (Å²) >= 11 is 6.18. The number of hydrogen-bond acceptors (Lipinski definition) is 4.